The second kappa shape index (κ2) is 6.30. The van der Waals surface area contributed by atoms with Crippen molar-refractivity contribution in [2.24, 2.45) is 0 Å². The van der Waals surface area contributed by atoms with Crippen molar-refractivity contribution >= 4 is 16.8 Å². The zero-order chi connectivity index (χ0) is 14.5. The Morgan fingerprint density at radius 3 is 2.45 bits per heavy atom. The van der Waals surface area contributed by atoms with Gasteiger partial charge in [-0.3, -0.25) is 4.79 Å². The minimum absolute atomic E-state index is 0.205. The Morgan fingerprint density at radius 1 is 1.15 bits per heavy atom. The van der Waals surface area contributed by atoms with E-state index in [1.54, 1.807) is 36.4 Å². The average Bonchev–Trinajstić information content (AvgIpc) is 2.46. The highest BCUT2D eigenvalue weighted by atomic mass is 35.5. The minimum Gasteiger partial charge on any atom is -0.508 e. The van der Waals surface area contributed by atoms with Crippen molar-refractivity contribution < 1.29 is 19.4 Å². The van der Waals surface area contributed by atoms with E-state index in [0.717, 1.165) is 5.56 Å². The lowest BCUT2D eigenvalue weighted by Crippen LogP contribution is -1.99. The predicted octanol–water partition coefficient (Wildman–Crippen LogP) is 3.36. The molecule has 0 unspecified atom stereocenters. The van der Waals surface area contributed by atoms with Crippen LogP contribution in [-0.4, -0.2) is 17.5 Å². The Labute approximate surface area is 121 Å². The van der Waals surface area contributed by atoms with Crippen molar-refractivity contribution in [2.45, 2.75) is 6.61 Å². The summed E-state index contributed by atoms with van der Waals surface area (Å²) < 4.78 is 10.8. The first-order valence-electron chi connectivity index (χ1n) is 5.88. The molecule has 0 aliphatic heterocycles. The summed E-state index contributed by atoms with van der Waals surface area (Å²) in [6, 6.07) is 11.4. The summed E-state index contributed by atoms with van der Waals surface area (Å²) in [4.78, 5) is 11.1. The topological polar surface area (TPSA) is 55.8 Å². The third kappa shape index (κ3) is 3.42. The molecule has 0 saturated heterocycles. The van der Waals surface area contributed by atoms with E-state index in [1.165, 1.54) is 13.2 Å². The Balaban J connectivity index is 2.12. The van der Waals surface area contributed by atoms with E-state index in [0.29, 0.717) is 23.7 Å². The van der Waals surface area contributed by atoms with Gasteiger partial charge in [0.15, 0.2) is 11.5 Å². The Hall–Kier alpha value is -2.20. The largest absolute Gasteiger partial charge is 0.508 e. The Kier molecular flexibility index (Phi) is 4.48. The maximum absolute atomic E-state index is 11.1. The van der Waals surface area contributed by atoms with Gasteiger partial charge in [0.05, 0.1) is 7.11 Å². The molecule has 1 N–H and O–H groups in total. The van der Waals surface area contributed by atoms with Crippen LogP contribution in [0.1, 0.15) is 15.9 Å². The number of hydrogen-bond acceptors (Lipinski definition) is 4. The molecule has 0 aliphatic rings. The SMILES string of the molecule is COc1cc(C(=O)Cl)ccc1OCc1ccc(O)cc1. The molecule has 0 saturated carbocycles. The number of halogens is 1. The van der Waals surface area contributed by atoms with Gasteiger partial charge in [0.2, 0.25) is 0 Å². The van der Waals surface area contributed by atoms with Crippen LogP contribution in [0, 0.1) is 0 Å². The molecule has 20 heavy (non-hydrogen) atoms. The molecule has 104 valence electrons. The fourth-order valence-corrected chi connectivity index (χ4v) is 1.78. The van der Waals surface area contributed by atoms with E-state index >= 15 is 0 Å². The molecular weight excluding hydrogens is 280 g/mol. The molecule has 0 aliphatic carbocycles. The van der Waals surface area contributed by atoms with Crippen LogP contribution in [-0.2, 0) is 6.61 Å². The molecule has 2 aromatic carbocycles. The molecule has 0 fully saturated rings. The number of benzene rings is 2. The first-order chi connectivity index (χ1) is 9.60. The predicted molar refractivity (Wildman–Crippen MR) is 75.6 cm³/mol. The quantitative estimate of drug-likeness (QED) is 0.859. The summed E-state index contributed by atoms with van der Waals surface area (Å²) in [6.45, 7) is 0.324. The molecule has 0 spiro atoms. The Bertz CT molecular complexity index is 608. The molecular formula is C15H13ClO4. The number of rotatable bonds is 5. The van der Waals surface area contributed by atoms with Gasteiger partial charge in [0, 0.05) is 5.56 Å². The van der Waals surface area contributed by atoms with Gasteiger partial charge in [-0.1, -0.05) is 12.1 Å². The third-order valence-corrected chi connectivity index (χ3v) is 2.94. The maximum Gasteiger partial charge on any atom is 0.252 e. The lowest BCUT2D eigenvalue weighted by molar-refractivity contribution is 0.108. The smallest absolute Gasteiger partial charge is 0.252 e. The summed E-state index contributed by atoms with van der Waals surface area (Å²) in [5, 5.41) is 8.65. The van der Waals surface area contributed by atoms with Gasteiger partial charge in [-0.2, -0.15) is 0 Å². The lowest BCUT2D eigenvalue weighted by Gasteiger charge is -2.11. The van der Waals surface area contributed by atoms with Gasteiger partial charge in [0.25, 0.3) is 5.24 Å². The minimum atomic E-state index is -0.548. The van der Waals surface area contributed by atoms with Gasteiger partial charge in [-0.05, 0) is 47.5 Å². The number of methoxy groups -OCH3 is 1. The number of carbonyl (C=O) groups is 1. The highest BCUT2D eigenvalue weighted by Gasteiger charge is 2.09. The fraction of sp³-hybridized carbons (Fsp3) is 0.133. The van der Waals surface area contributed by atoms with Crippen LogP contribution in [0.5, 0.6) is 17.2 Å². The third-order valence-electron chi connectivity index (χ3n) is 2.72. The van der Waals surface area contributed by atoms with Crippen molar-refractivity contribution in [3.63, 3.8) is 0 Å². The zero-order valence-corrected chi connectivity index (χ0v) is 11.6. The molecule has 5 heteroatoms. The second-order valence-corrected chi connectivity index (χ2v) is 4.44. The van der Waals surface area contributed by atoms with Crippen LogP contribution in [0.2, 0.25) is 0 Å². The molecule has 4 nitrogen and oxygen atoms in total. The van der Waals surface area contributed by atoms with E-state index in [-0.39, 0.29) is 5.75 Å². The summed E-state index contributed by atoms with van der Waals surface area (Å²) >= 11 is 5.41. The normalized spacial score (nSPS) is 10.1. The van der Waals surface area contributed by atoms with Crippen molar-refractivity contribution in [1.29, 1.82) is 0 Å². The van der Waals surface area contributed by atoms with E-state index < -0.39 is 5.24 Å². The molecule has 2 rings (SSSR count). The van der Waals surface area contributed by atoms with Crippen molar-refractivity contribution in [3.05, 3.63) is 53.6 Å². The van der Waals surface area contributed by atoms with E-state index in [4.69, 9.17) is 21.1 Å². The second-order valence-electron chi connectivity index (χ2n) is 4.09. The molecule has 0 amide bonds. The first kappa shape index (κ1) is 14.2. The number of aromatic hydroxyl groups is 1. The molecule has 2 aromatic rings. The number of ether oxygens (including phenoxy) is 2. The molecule has 0 bridgehead atoms. The van der Waals surface area contributed by atoms with Crippen molar-refractivity contribution in [3.8, 4) is 17.2 Å². The zero-order valence-electron chi connectivity index (χ0n) is 10.8. The molecule has 0 aromatic heterocycles. The van der Waals surface area contributed by atoms with E-state index in [1.807, 2.05) is 0 Å². The highest BCUT2D eigenvalue weighted by Crippen LogP contribution is 2.29. The van der Waals surface area contributed by atoms with Gasteiger partial charge in [0.1, 0.15) is 12.4 Å². The van der Waals surface area contributed by atoms with E-state index in [2.05, 4.69) is 0 Å². The van der Waals surface area contributed by atoms with Crippen LogP contribution >= 0.6 is 11.6 Å². The Morgan fingerprint density at radius 2 is 1.85 bits per heavy atom. The standard InChI is InChI=1S/C15H13ClO4/c1-19-14-8-11(15(16)18)4-7-13(14)20-9-10-2-5-12(17)6-3-10/h2-8,17H,9H2,1H3. The van der Waals surface area contributed by atoms with Gasteiger partial charge >= 0.3 is 0 Å². The lowest BCUT2D eigenvalue weighted by atomic mass is 10.2. The first-order valence-corrected chi connectivity index (χ1v) is 6.26. The van der Waals surface area contributed by atoms with Crippen LogP contribution in [0.3, 0.4) is 0 Å². The number of hydrogen-bond donors (Lipinski definition) is 1. The summed E-state index contributed by atoms with van der Waals surface area (Å²) in [5.41, 5.74) is 1.25. The molecule has 0 heterocycles. The van der Waals surface area contributed by atoms with Crippen LogP contribution in [0.4, 0.5) is 0 Å². The van der Waals surface area contributed by atoms with E-state index in [9.17, 15) is 9.90 Å². The molecule has 0 radical (unpaired) electrons. The van der Waals surface area contributed by atoms with Gasteiger partial charge < -0.3 is 14.6 Å². The van der Waals surface area contributed by atoms with Crippen molar-refractivity contribution in [2.75, 3.05) is 7.11 Å². The van der Waals surface area contributed by atoms with Crippen molar-refractivity contribution in [1.82, 2.24) is 0 Å². The number of phenols is 1. The number of phenolic OH excluding ortho intramolecular Hbond substituents is 1. The van der Waals surface area contributed by atoms with Gasteiger partial charge in [-0.15, -0.1) is 0 Å². The maximum atomic E-state index is 11.1. The van der Waals surface area contributed by atoms with Crippen LogP contribution in [0.25, 0.3) is 0 Å². The number of carbonyl (C=O) groups excluding carboxylic acids is 1. The monoisotopic (exact) mass is 292 g/mol. The van der Waals surface area contributed by atoms with Crippen LogP contribution < -0.4 is 9.47 Å². The molecule has 0 atom stereocenters. The summed E-state index contributed by atoms with van der Waals surface area (Å²) in [5.74, 6) is 1.16. The summed E-state index contributed by atoms with van der Waals surface area (Å²) in [7, 11) is 1.49. The van der Waals surface area contributed by atoms with Gasteiger partial charge in [-0.25, -0.2) is 0 Å². The van der Waals surface area contributed by atoms with Crippen LogP contribution in [0.15, 0.2) is 42.5 Å². The fourth-order valence-electron chi connectivity index (χ4n) is 1.66. The summed E-state index contributed by atoms with van der Waals surface area (Å²) in [6.07, 6.45) is 0. The highest BCUT2D eigenvalue weighted by molar-refractivity contribution is 6.67. The average molecular weight is 293 g/mol.